The summed E-state index contributed by atoms with van der Waals surface area (Å²) in [4.78, 5) is 19.9. The zero-order chi connectivity index (χ0) is 21.0. The van der Waals surface area contributed by atoms with E-state index in [1.54, 1.807) is 0 Å². The molecule has 2 atom stereocenters. The summed E-state index contributed by atoms with van der Waals surface area (Å²) in [5, 5.41) is 7.45. The van der Waals surface area contributed by atoms with Crippen LogP contribution in [0.2, 0.25) is 0 Å². The zero-order valence-corrected chi connectivity index (χ0v) is 17.7. The van der Waals surface area contributed by atoms with Gasteiger partial charge in [-0.1, -0.05) is 59.8 Å². The second-order valence-corrected chi connectivity index (χ2v) is 8.60. The summed E-state index contributed by atoms with van der Waals surface area (Å²) in [6.45, 7) is 2.25. The van der Waals surface area contributed by atoms with Crippen molar-refractivity contribution in [3.63, 3.8) is 0 Å². The molecule has 2 aromatic carbocycles. The summed E-state index contributed by atoms with van der Waals surface area (Å²) in [5.41, 5.74) is 3.60. The van der Waals surface area contributed by atoms with Gasteiger partial charge in [-0.05, 0) is 49.8 Å². The van der Waals surface area contributed by atoms with Gasteiger partial charge in [-0.3, -0.25) is 9.69 Å². The fourth-order valence-electron chi connectivity index (χ4n) is 4.82. The maximum atomic E-state index is 13.1. The normalized spacial score (nSPS) is 21.4. The van der Waals surface area contributed by atoms with Crippen molar-refractivity contribution in [3.05, 3.63) is 71.6 Å². The number of aryl methyl sites for hydroxylation is 1. The lowest BCUT2D eigenvalue weighted by molar-refractivity contribution is -0.127. The van der Waals surface area contributed by atoms with Gasteiger partial charge in [0.25, 0.3) is 0 Å². The summed E-state index contributed by atoms with van der Waals surface area (Å²) in [6.07, 6.45) is 5.17. The summed E-state index contributed by atoms with van der Waals surface area (Å²) >= 11 is 0. The average Bonchev–Trinajstić information content (AvgIpc) is 3.28. The van der Waals surface area contributed by atoms with Crippen molar-refractivity contribution >= 4 is 5.91 Å². The van der Waals surface area contributed by atoms with Crippen molar-refractivity contribution < 1.29 is 9.32 Å². The van der Waals surface area contributed by atoms with Crippen LogP contribution in [0.1, 0.15) is 48.7 Å². The van der Waals surface area contributed by atoms with E-state index in [2.05, 4.69) is 44.6 Å². The van der Waals surface area contributed by atoms with E-state index >= 15 is 0 Å². The maximum Gasteiger partial charge on any atom is 0.241 e. The number of amides is 1. The van der Waals surface area contributed by atoms with E-state index in [4.69, 9.17) is 4.52 Å². The van der Waals surface area contributed by atoms with Crippen molar-refractivity contribution in [1.82, 2.24) is 20.4 Å². The molecular formula is C25H28N4O2. The summed E-state index contributed by atoms with van der Waals surface area (Å²) < 4.78 is 5.47. The Balaban J connectivity index is 1.20. The number of likely N-dealkylation sites (tertiary alicyclic amines) is 1. The van der Waals surface area contributed by atoms with Crippen molar-refractivity contribution in [1.29, 1.82) is 0 Å². The standard InChI is InChI=1S/C25H28N4O2/c30-25(26-22-14-6-11-18-8-4-5-13-21(18)22)20-12-7-15-29(16-20)17-23-27-24(28-31-23)19-9-2-1-3-10-19/h1-5,8-10,13,20,22H,6-7,11-12,14-17H2,(H,26,30). The summed E-state index contributed by atoms with van der Waals surface area (Å²) in [6, 6.07) is 18.5. The Bertz CT molecular complexity index is 1030. The number of nitrogens with one attached hydrogen (secondary N) is 1. The lowest BCUT2D eigenvalue weighted by Crippen LogP contribution is -2.44. The Morgan fingerprint density at radius 2 is 1.90 bits per heavy atom. The first-order valence-electron chi connectivity index (χ1n) is 11.2. The van der Waals surface area contributed by atoms with Crippen LogP contribution in [-0.2, 0) is 17.8 Å². The molecule has 2 heterocycles. The van der Waals surface area contributed by atoms with Crippen molar-refractivity contribution in [3.8, 4) is 11.4 Å². The Morgan fingerprint density at radius 3 is 2.81 bits per heavy atom. The van der Waals surface area contributed by atoms with E-state index in [0.717, 1.165) is 50.8 Å². The number of carbonyl (C=O) groups is 1. The molecule has 0 saturated carbocycles. The Hall–Kier alpha value is -2.99. The van der Waals surface area contributed by atoms with Crippen LogP contribution in [0.15, 0.2) is 59.1 Å². The molecule has 1 amide bonds. The first kappa shape index (κ1) is 19.9. The van der Waals surface area contributed by atoms with Gasteiger partial charge in [0.1, 0.15) is 0 Å². The molecular weight excluding hydrogens is 388 g/mol. The van der Waals surface area contributed by atoms with Gasteiger partial charge in [-0.25, -0.2) is 0 Å². The molecule has 1 aliphatic heterocycles. The van der Waals surface area contributed by atoms with Crippen LogP contribution in [0.5, 0.6) is 0 Å². The largest absolute Gasteiger partial charge is 0.349 e. The van der Waals surface area contributed by atoms with Gasteiger partial charge in [0.15, 0.2) is 0 Å². The first-order valence-corrected chi connectivity index (χ1v) is 11.2. The Labute approximate surface area is 182 Å². The van der Waals surface area contributed by atoms with Gasteiger partial charge in [-0.2, -0.15) is 4.98 Å². The molecule has 31 heavy (non-hydrogen) atoms. The van der Waals surface area contributed by atoms with E-state index in [1.165, 1.54) is 11.1 Å². The van der Waals surface area contributed by atoms with Crippen LogP contribution in [0.4, 0.5) is 0 Å². The second-order valence-electron chi connectivity index (χ2n) is 8.60. The van der Waals surface area contributed by atoms with Crippen LogP contribution < -0.4 is 5.32 Å². The summed E-state index contributed by atoms with van der Waals surface area (Å²) in [7, 11) is 0. The highest BCUT2D eigenvalue weighted by Gasteiger charge is 2.29. The highest BCUT2D eigenvalue weighted by molar-refractivity contribution is 5.79. The van der Waals surface area contributed by atoms with Crippen LogP contribution in [0.25, 0.3) is 11.4 Å². The number of hydrogen-bond donors (Lipinski definition) is 1. The fourth-order valence-corrected chi connectivity index (χ4v) is 4.82. The van der Waals surface area contributed by atoms with Crippen LogP contribution in [0.3, 0.4) is 0 Å². The lowest BCUT2D eigenvalue weighted by Gasteiger charge is -2.33. The number of hydrogen-bond acceptors (Lipinski definition) is 5. The molecule has 2 aliphatic rings. The van der Waals surface area contributed by atoms with Crippen molar-refractivity contribution in [2.75, 3.05) is 13.1 Å². The summed E-state index contributed by atoms with van der Waals surface area (Å²) in [5.74, 6) is 1.38. The Kier molecular flexibility index (Phi) is 5.80. The lowest BCUT2D eigenvalue weighted by atomic mass is 9.87. The van der Waals surface area contributed by atoms with Crippen LogP contribution >= 0.6 is 0 Å². The number of aromatic nitrogens is 2. The molecule has 1 fully saturated rings. The van der Waals surface area contributed by atoms with Crippen LogP contribution in [-0.4, -0.2) is 34.0 Å². The predicted octanol–water partition coefficient (Wildman–Crippen LogP) is 4.14. The highest BCUT2D eigenvalue weighted by Crippen LogP contribution is 2.30. The maximum absolute atomic E-state index is 13.1. The number of piperidine rings is 1. The minimum Gasteiger partial charge on any atom is -0.349 e. The van der Waals surface area contributed by atoms with E-state index in [-0.39, 0.29) is 17.9 Å². The molecule has 0 spiro atoms. The van der Waals surface area contributed by atoms with Gasteiger partial charge in [0, 0.05) is 12.1 Å². The fraction of sp³-hybridized carbons (Fsp3) is 0.400. The molecule has 5 rings (SSSR count). The molecule has 0 bridgehead atoms. The van der Waals surface area contributed by atoms with Crippen LogP contribution in [0, 0.1) is 5.92 Å². The van der Waals surface area contributed by atoms with E-state index in [9.17, 15) is 4.79 Å². The molecule has 6 nitrogen and oxygen atoms in total. The van der Waals surface area contributed by atoms with E-state index in [0.29, 0.717) is 18.3 Å². The zero-order valence-electron chi connectivity index (χ0n) is 17.7. The minimum atomic E-state index is -0.000598. The third kappa shape index (κ3) is 4.54. The van der Waals surface area contributed by atoms with Crippen molar-refractivity contribution in [2.24, 2.45) is 5.92 Å². The average molecular weight is 417 g/mol. The quantitative estimate of drug-likeness (QED) is 0.677. The first-order chi connectivity index (χ1) is 15.3. The third-order valence-corrected chi connectivity index (χ3v) is 6.42. The van der Waals surface area contributed by atoms with E-state index < -0.39 is 0 Å². The van der Waals surface area contributed by atoms with E-state index in [1.807, 2.05) is 30.3 Å². The molecule has 160 valence electrons. The smallest absolute Gasteiger partial charge is 0.241 e. The number of carbonyl (C=O) groups excluding carboxylic acids is 1. The molecule has 6 heteroatoms. The SMILES string of the molecule is O=C(NC1CCCc2ccccc21)C1CCCN(Cc2nc(-c3ccccc3)no2)C1. The molecule has 1 N–H and O–H groups in total. The molecule has 1 aliphatic carbocycles. The number of rotatable bonds is 5. The van der Waals surface area contributed by atoms with Gasteiger partial charge >= 0.3 is 0 Å². The molecule has 0 radical (unpaired) electrons. The van der Waals surface area contributed by atoms with Gasteiger partial charge < -0.3 is 9.84 Å². The topological polar surface area (TPSA) is 71.3 Å². The number of nitrogens with zero attached hydrogens (tertiary/aromatic N) is 3. The predicted molar refractivity (Wildman–Crippen MR) is 118 cm³/mol. The van der Waals surface area contributed by atoms with Gasteiger partial charge in [-0.15, -0.1) is 0 Å². The second kappa shape index (κ2) is 9.02. The van der Waals surface area contributed by atoms with Gasteiger partial charge in [0.2, 0.25) is 17.6 Å². The minimum absolute atomic E-state index is 0.000598. The highest BCUT2D eigenvalue weighted by atomic mass is 16.5. The Morgan fingerprint density at radius 1 is 1.06 bits per heavy atom. The monoisotopic (exact) mass is 416 g/mol. The number of fused-ring (bicyclic) bond motifs is 1. The third-order valence-electron chi connectivity index (χ3n) is 6.42. The van der Waals surface area contributed by atoms with Crippen molar-refractivity contribution in [2.45, 2.75) is 44.7 Å². The molecule has 1 aromatic heterocycles. The molecule has 1 saturated heterocycles. The van der Waals surface area contributed by atoms with Gasteiger partial charge in [0.05, 0.1) is 18.5 Å². The number of benzene rings is 2. The molecule has 2 unspecified atom stereocenters. The molecule has 3 aromatic rings.